The zero-order valence-electron chi connectivity index (χ0n) is 7.94. The first-order valence-corrected chi connectivity index (χ1v) is 4.15. The van der Waals surface area contributed by atoms with E-state index in [1.54, 1.807) is 6.92 Å². The van der Waals surface area contributed by atoms with Gasteiger partial charge in [0, 0.05) is 6.08 Å². The molecule has 1 aliphatic heterocycles. The summed E-state index contributed by atoms with van der Waals surface area (Å²) >= 11 is 0. The Bertz CT molecular complexity index is 252. The van der Waals surface area contributed by atoms with Gasteiger partial charge in [0.25, 0.3) is 0 Å². The molecule has 0 saturated carbocycles. The summed E-state index contributed by atoms with van der Waals surface area (Å²) in [7, 11) is 0. The molecule has 0 fully saturated rings. The van der Waals surface area contributed by atoms with Crippen LogP contribution in [-0.2, 0) is 9.53 Å². The van der Waals surface area contributed by atoms with Crippen molar-refractivity contribution in [2.24, 2.45) is 0 Å². The third kappa shape index (κ3) is 1.73. The van der Waals surface area contributed by atoms with Gasteiger partial charge in [-0.1, -0.05) is 0 Å². The molecule has 0 spiro atoms. The van der Waals surface area contributed by atoms with E-state index in [-0.39, 0.29) is 0 Å². The second kappa shape index (κ2) is 3.12. The molecular formula is C9H14O4. The Hall–Kier alpha value is -0.870. The van der Waals surface area contributed by atoms with Gasteiger partial charge in [0.2, 0.25) is 0 Å². The summed E-state index contributed by atoms with van der Waals surface area (Å²) in [5.41, 5.74) is -0.789. The van der Waals surface area contributed by atoms with Gasteiger partial charge in [0.15, 0.2) is 6.10 Å². The fraction of sp³-hybridized carbons (Fsp3) is 0.667. The maximum absolute atomic E-state index is 10.8. The Balaban J connectivity index is 2.86. The van der Waals surface area contributed by atoms with Crippen LogP contribution in [0.3, 0.4) is 0 Å². The fourth-order valence-corrected chi connectivity index (χ4v) is 1.30. The number of rotatable bonds is 2. The Morgan fingerprint density at radius 2 is 2.23 bits per heavy atom. The van der Waals surface area contributed by atoms with Crippen LogP contribution in [0.2, 0.25) is 0 Å². The van der Waals surface area contributed by atoms with E-state index in [4.69, 9.17) is 4.74 Å². The molecule has 0 radical (unpaired) electrons. The lowest BCUT2D eigenvalue weighted by molar-refractivity contribution is -0.160. The van der Waals surface area contributed by atoms with Crippen LogP contribution in [0.1, 0.15) is 20.8 Å². The molecule has 4 nitrogen and oxygen atoms in total. The summed E-state index contributed by atoms with van der Waals surface area (Å²) in [6.45, 7) is 4.59. The van der Waals surface area contributed by atoms with Gasteiger partial charge < -0.3 is 14.9 Å². The van der Waals surface area contributed by atoms with Crippen LogP contribution >= 0.6 is 0 Å². The molecule has 1 aliphatic rings. The first-order valence-electron chi connectivity index (χ1n) is 4.15. The number of esters is 1. The molecule has 0 aromatic heterocycles. The molecule has 0 aliphatic carbocycles. The quantitative estimate of drug-likeness (QED) is 0.595. The third-order valence-electron chi connectivity index (χ3n) is 2.37. The van der Waals surface area contributed by atoms with Crippen LogP contribution in [0.25, 0.3) is 0 Å². The zero-order chi connectivity index (χ0) is 10.2. The molecule has 74 valence electrons. The number of aliphatic hydroxyl groups excluding tert-OH is 1. The average molecular weight is 186 g/mol. The SMILES string of the molecule is CC1=CC(=O)O[C@@H]1[C@@](C)(O)[C@H](C)O. The van der Waals surface area contributed by atoms with Gasteiger partial charge in [-0.2, -0.15) is 0 Å². The molecule has 0 aromatic rings. The van der Waals surface area contributed by atoms with Crippen LogP contribution in [0, 0.1) is 0 Å². The van der Waals surface area contributed by atoms with Gasteiger partial charge in [-0.3, -0.25) is 0 Å². The van der Waals surface area contributed by atoms with E-state index < -0.39 is 23.8 Å². The second-order valence-corrected chi connectivity index (χ2v) is 3.61. The van der Waals surface area contributed by atoms with E-state index in [0.29, 0.717) is 5.57 Å². The number of ether oxygens (including phenoxy) is 1. The van der Waals surface area contributed by atoms with Crippen molar-refractivity contribution >= 4 is 5.97 Å². The highest BCUT2D eigenvalue weighted by Gasteiger charge is 2.42. The summed E-state index contributed by atoms with van der Waals surface area (Å²) in [5, 5.41) is 19.1. The van der Waals surface area contributed by atoms with Crippen molar-refractivity contribution in [1.29, 1.82) is 0 Å². The predicted octanol–water partition coefficient (Wildman–Crippen LogP) is -0.0101. The van der Waals surface area contributed by atoms with Crippen molar-refractivity contribution in [3.63, 3.8) is 0 Å². The number of carbonyl (C=O) groups excluding carboxylic acids is 1. The van der Waals surface area contributed by atoms with E-state index >= 15 is 0 Å². The Labute approximate surface area is 76.8 Å². The normalized spacial score (nSPS) is 29.2. The summed E-state index contributed by atoms with van der Waals surface area (Å²) in [4.78, 5) is 10.8. The van der Waals surface area contributed by atoms with E-state index in [1.165, 1.54) is 19.9 Å². The standard InChI is InChI=1S/C9H14O4/c1-5-4-7(11)13-8(5)9(3,12)6(2)10/h4,6,8,10,12H,1-3H3/t6-,8-,9-/m0/s1. The molecule has 0 unspecified atom stereocenters. The molecular weight excluding hydrogens is 172 g/mol. The van der Waals surface area contributed by atoms with Crippen LogP contribution in [-0.4, -0.2) is 34.0 Å². The molecule has 3 atom stereocenters. The zero-order valence-corrected chi connectivity index (χ0v) is 7.94. The number of hydrogen-bond acceptors (Lipinski definition) is 4. The van der Waals surface area contributed by atoms with E-state index in [1.807, 2.05) is 0 Å². The summed E-state index contributed by atoms with van der Waals surface area (Å²) in [5.74, 6) is -0.469. The lowest BCUT2D eigenvalue weighted by atomic mass is 9.89. The van der Waals surface area contributed by atoms with E-state index in [0.717, 1.165) is 0 Å². The number of cyclic esters (lactones) is 1. The van der Waals surface area contributed by atoms with Gasteiger partial charge in [0.05, 0.1) is 6.10 Å². The fourth-order valence-electron chi connectivity index (χ4n) is 1.30. The molecule has 1 rings (SSSR count). The Morgan fingerprint density at radius 1 is 1.69 bits per heavy atom. The number of aliphatic hydroxyl groups is 2. The van der Waals surface area contributed by atoms with Gasteiger partial charge >= 0.3 is 5.97 Å². The van der Waals surface area contributed by atoms with Crippen molar-refractivity contribution in [1.82, 2.24) is 0 Å². The smallest absolute Gasteiger partial charge is 0.331 e. The van der Waals surface area contributed by atoms with Crippen molar-refractivity contribution in [3.8, 4) is 0 Å². The third-order valence-corrected chi connectivity index (χ3v) is 2.37. The predicted molar refractivity (Wildman–Crippen MR) is 45.9 cm³/mol. The summed E-state index contributed by atoms with van der Waals surface area (Å²) in [6, 6.07) is 0. The van der Waals surface area contributed by atoms with Crippen molar-refractivity contribution < 1.29 is 19.7 Å². The topological polar surface area (TPSA) is 66.8 Å². The second-order valence-electron chi connectivity index (χ2n) is 3.61. The average Bonchev–Trinajstić information content (AvgIpc) is 2.30. The number of carbonyl (C=O) groups is 1. The molecule has 13 heavy (non-hydrogen) atoms. The highest BCUT2D eigenvalue weighted by molar-refractivity contribution is 5.85. The van der Waals surface area contributed by atoms with Crippen LogP contribution in [0.5, 0.6) is 0 Å². The minimum atomic E-state index is -1.42. The van der Waals surface area contributed by atoms with Crippen LogP contribution in [0.15, 0.2) is 11.6 Å². The maximum Gasteiger partial charge on any atom is 0.331 e. The number of hydrogen-bond donors (Lipinski definition) is 2. The van der Waals surface area contributed by atoms with Crippen molar-refractivity contribution in [2.75, 3.05) is 0 Å². The first-order chi connectivity index (χ1) is 5.85. The Morgan fingerprint density at radius 3 is 2.54 bits per heavy atom. The summed E-state index contributed by atoms with van der Waals surface area (Å²) in [6.07, 6.45) is -0.367. The minimum Gasteiger partial charge on any atom is -0.451 e. The molecule has 0 bridgehead atoms. The first kappa shape index (κ1) is 10.2. The summed E-state index contributed by atoms with van der Waals surface area (Å²) < 4.78 is 4.86. The molecule has 0 amide bonds. The maximum atomic E-state index is 10.8. The van der Waals surface area contributed by atoms with E-state index in [2.05, 4.69) is 0 Å². The molecule has 0 aromatic carbocycles. The van der Waals surface area contributed by atoms with Gasteiger partial charge in [-0.05, 0) is 26.3 Å². The van der Waals surface area contributed by atoms with Crippen LogP contribution < -0.4 is 0 Å². The van der Waals surface area contributed by atoms with Gasteiger partial charge in [-0.25, -0.2) is 4.79 Å². The highest BCUT2D eigenvalue weighted by Crippen LogP contribution is 2.28. The van der Waals surface area contributed by atoms with Crippen molar-refractivity contribution in [3.05, 3.63) is 11.6 Å². The van der Waals surface area contributed by atoms with Gasteiger partial charge in [0.1, 0.15) is 5.60 Å². The molecule has 0 saturated heterocycles. The highest BCUT2D eigenvalue weighted by atomic mass is 16.6. The van der Waals surface area contributed by atoms with Crippen LogP contribution in [0.4, 0.5) is 0 Å². The van der Waals surface area contributed by atoms with E-state index in [9.17, 15) is 15.0 Å². The van der Waals surface area contributed by atoms with Gasteiger partial charge in [-0.15, -0.1) is 0 Å². The monoisotopic (exact) mass is 186 g/mol. The molecule has 4 heteroatoms. The lowest BCUT2D eigenvalue weighted by Crippen LogP contribution is -2.49. The Kier molecular flexibility index (Phi) is 2.45. The molecule has 2 N–H and O–H groups in total. The molecule has 1 heterocycles. The largest absolute Gasteiger partial charge is 0.451 e. The lowest BCUT2D eigenvalue weighted by Gasteiger charge is -2.32. The minimum absolute atomic E-state index is 0.469. The van der Waals surface area contributed by atoms with Crippen molar-refractivity contribution in [2.45, 2.75) is 38.6 Å².